The number of rotatable bonds is 6. The molecule has 25 heavy (non-hydrogen) atoms. The summed E-state index contributed by atoms with van der Waals surface area (Å²) in [6, 6.07) is 15.5. The third-order valence-corrected chi connectivity index (χ3v) is 3.63. The highest BCUT2D eigenvalue weighted by Gasteiger charge is 2.24. The van der Waals surface area contributed by atoms with Crippen LogP contribution in [0, 0.1) is 18.3 Å². The first-order valence-electron chi connectivity index (χ1n) is 7.89. The second-order valence-corrected chi connectivity index (χ2v) is 5.71. The van der Waals surface area contributed by atoms with Crippen LogP contribution < -0.4 is 4.74 Å². The number of nitriles is 1. The average Bonchev–Trinajstić information content (AvgIpc) is 2.62. The molecule has 0 saturated heterocycles. The lowest BCUT2D eigenvalue weighted by atomic mass is 10.1. The van der Waals surface area contributed by atoms with Crippen LogP contribution in [0.4, 0.5) is 0 Å². The fourth-order valence-electron chi connectivity index (χ4n) is 2.14. The van der Waals surface area contributed by atoms with Gasteiger partial charge in [-0.15, -0.1) is 0 Å². The Labute approximate surface area is 146 Å². The van der Waals surface area contributed by atoms with E-state index in [-0.39, 0.29) is 5.78 Å². The first-order valence-corrected chi connectivity index (χ1v) is 7.89. The van der Waals surface area contributed by atoms with Gasteiger partial charge in [-0.3, -0.25) is 4.79 Å². The quantitative estimate of drug-likeness (QED) is 0.596. The number of Topliss-reactive ketones (excluding diaryl/α,β-unsaturated/α-hetero) is 1. The molecule has 0 aromatic heterocycles. The monoisotopic (exact) mass is 337 g/mol. The summed E-state index contributed by atoms with van der Waals surface area (Å²) in [5.41, 5.74) is 2.04. The van der Waals surface area contributed by atoms with E-state index in [1.165, 1.54) is 6.92 Å². The highest BCUT2D eigenvalue weighted by molar-refractivity contribution is 6.00. The van der Waals surface area contributed by atoms with Crippen molar-refractivity contribution in [3.8, 4) is 11.8 Å². The molecule has 0 aliphatic heterocycles. The van der Waals surface area contributed by atoms with E-state index in [2.05, 4.69) is 0 Å². The average molecular weight is 337 g/mol. The van der Waals surface area contributed by atoms with Crippen molar-refractivity contribution in [1.82, 2.24) is 0 Å². The Morgan fingerprint density at radius 3 is 2.12 bits per heavy atom. The summed E-state index contributed by atoms with van der Waals surface area (Å²) in [6.07, 6.45) is -1.77. The van der Waals surface area contributed by atoms with Crippen molar-refractivity contribution in [2.24, 2.45) is 0 Å². The van der Waals surface area contributed by atoms with Gasteiger partial charge in [0.15, 0.2) is 12.2 Å². The zero-order chi connectivity index (χ0) is 18.4. The number of hydrogen-bond donors (Lipinski definition) is 0. The van der Waals surface area contributed by atoms with E-state index in [0.717, 1.165) is 5.56 Å². The summed E-state index contributed by atoms with van der Waals surface area (Å²) in [4.78, 5) is 24.4. The van der Waals surface area contributed by atoms with E-state index < -0.39 is 18.2 Å². The van der Waals surface area contributed by atoms with Crippen molar-refractivity contribution in [3.05, 3.63) is 65.2 Å². The molecule has 0 N–H and O–H groups in total. The predicted octanol–water partition coefficient (Wildman–Crippen LogP) is 3.45. The molecular formula is C20H19NO4. The molecule has 2 atom stereocenters. The lowest BCUT2D eigenvalue weighted by Crippen LogP contribution is -2.32. The third-order valence-electron chi connectivity index (χ3n) is 3.63. The molecule has 2 rings (SSSR count). The molecule has 2 aromatic rings. The minimum Gasteiger partial charge on any atom is -0.479 e. The molecular weight excluding hydrogens is 318 g/mol. The smallest absolute Gasteiger partial charge is 0.347 e. The van der Waals surface area contributed by atoms with E-state index in [0.29, 0.717) is 16.9 Å². The van der Waals surface area contributed by atoms with Gasteiger partial charge in [0.2, 0.25) is 5.78 Å². The van der Waals surface area contributed by atoms with Crippen molar-refractivity contribution >= 4 is 11.8 Å². The summed E-state index contributed by atoms with van der Waals surface area (Å²) in [7, 11) is 0. The van der Waals surface area contributed by atoms with Crippen molar-refractivity contribution in [1.29, 1.82) is 5.26 Å². The van der Waals surface area contributed by atoms with Gasteiger partial charge in [0.05, 0.1) is 11.6 Å². The van der Waals surface area contributed by atoms with Crippen LogP contribution in [0.1, 0.15) is 35.3 Å². The first-order chi connectivity index (χ1) is 11.9. The first kappa shape index (κ1) is 18.2. The number of ketones is 1. The molecule has 0 saturated carbocycles. The zero-order valence-corrected chi connectivity index (χ0v) is 14.4. The molecule has 2 aromatic carbocycles. The molecule has 0 unspecified atom stereocenters. The molecule has 0 fully saturated rings. The van der Waals surface area contributed by atoms with Crippen LogP contribution in [-0.2, 0) is 9.53 Å². The van der Waals surface area contributed by atoms with Crippen LogP contribution in [0.3, 0.4) is 0 Å². The number of hydrogen-bond acceptors (Lipinski definition) is 5. The molecule has 0 aliphatic rings. The van der Waals surface area contributed by atoms with E-state index in [4.69, 9.17) is 14.7 Å². The van der Waals surface area contributed by atoms with Gasteiger partial charge in [-0.25, -0.2) is 4.79 Å². The Morgan fingerprint density at radius 2 is 1.56 bits per heavy atom. The van der Waals surface area contributed by atoms with Crippen molar-refractivity contribution < 1.29 is 19.1 Å². The summed E-state index contributed by atoms with van der Waals surface area (Å²) in [5.74, 6) is -0.447. The van der Waals surface area contributed by atoms with Crippen LogP contribution in [0.5, 0.6) is 5.75 Å². The third kappa shape index (κ3) is 4.92. The van der Waals surface area contributed by atoms with Gasteiger partial charge in [0, 0.05) is 5.56 Å². The fourth-order valence-corrected chi connectivity index (χ4v) is 2.14. The number of esters is 1. The molecule has 0 aliphatic carbocycles. The Balaban J connectivity index is 1.94. The van der Waals surface area contributed by atoms with Gasteiger partial charge in [-0.05, 0) is 45.0 Å². The van der Waals surface area contributed by atoms with Crippen LogP contribution in [0.15, 0.2) is 48.5 Å². The van der Waals surface area contributed by atoms with Crippen LogP contribution in [0.25, 0.3) is 0 Å². The van der Waals surface area contributed by atoms with Crippen LogP contribution in [-0.4, -0.2) is 24.0 Å². The number of benzene rings is 2. The van der Waals surface area contributed by atoms with Gasteiger partial charge in [0.25, 0.3) is 0 Å². The molecule has 0 amide bonds. The topological polar surface area (TPSA) is 76.4 Å². The van der Waals surface area contributed by atoms with Gasteiger partial charge < -0.3 is 9.47 Å². The number of carbonyl (C=O) groups is 2. The van der Waals surface area contributed by atoms with E-state index in [1.54, 1.807) is 43.3 Å². The minimum atomic E-state index is -0.901. The SMILES string of the molecule is Cc1ccc(C(=O)[C@H](C)OC(=O)[C@H](C)Oc2ccc(C#N)cc2)cc1. The summed E-state index contributed by atoms with van der Waals surface area (Å²) < 4.78 is 10.7. The molecule has 0 bridgehead atoms. The number of carbonyl (C=O) groups excluding carboxylic acids is 2. The van der Waals surface area contributed by atoms with E-state index >= 15 is 0 Å². The highest BCUT2D eigenvalue weighted by atomic mass is 16.6. The Hall–Kier alpha value is -3.13. The Bertz CT molecular complexity index is 788. The predicted molar refractivity (Wildman–Crippen MR) is 92.3 cm³/mol. The maximum absolute atomic E-state index is 12.3. The van der Waals surface area contributed by atoms with Crippen molar-refractivity contribution in [2.45, 2.75) is 33.0 Å². The van der Waals surface area contributed by atoms with Crippen LogP contribution >= 0.6 is 0 Å². The fraction of sp³-hybridized carbons (Fsp3) is 0.250. The Kier molecular flexibility index (Phi) is 5.91. The summed E-state index contributed by atoms with van der Waals surface area (Å²) in [6.45, 7) is 5.01. The molecule has 0 spiro atoms. The second-order valence-electron chi connectivity index (χ2n) is 5.71. The maximum Gasteiger partial charge on any atom is 0.347 e. The molecule has 5 nitrogen and oxygen atoms in total. The van der Waals surface area contributed by atoms with Crippen LogP contribution in [0.2, 0.25) is 0 Å². The van der Waals surface area contributed by atoms with Crippen molar-refractivity contribution in [3.63, 3.8) is 0 Å². The molecule has 0 radical (unpaired) electrons. The summed E-state index contributed by atoms with van der Waals surface area (Å²) >= 11 is 0. The molecule has 0 heterocycles. The minimum absolute atomic E-state index is 0.265. The van der Waals surface area contributed by atoms with Gasteiger partial charge in [-0.2, -0.15) is 5.26 Å². The number of nitrogens with zero attached hydrogens (tertiary/aromatic N) is 1. The second kappa shape index (κ2) is 8.11. The number of ether oxygens (including phenoxy) is 2. The van der Waals surface area contributed by atoms with E-state index in [1.807, 2.05) is 25.1 Å². The standard InChI is InChI=1S/C20H19NO4/c1-13-4-8-17(9-5-13)19(22)14(2)25-20(23)15(3)24-18-10-6-16(12-21)7-11-18/h4-11,14-15H,1-3H3/t14-,15-/m0/s1. The highest BCUT2D eigenvalue weighted by Crippen LogP contribution is 2.15. The van der Waals surface area contributed by atoms with Gasteiger partial charge in [-0.1, -0.05) is 29.8 Å². The normalized spacial score (nSPS) is 12.6. The molecule has 128 valence electrons. The lowest BCUT2D eigenvalue weighted by Gasteiger charge is -2.17. The zero-order valence-electron chi connectivity index (χ0n) is 14.4. The lowest BCUT2D eigenvalue weighted by molar-refractivity contribution is -0.153. The van der Waals surface area contributed by atoms with Gasteiger partial charge in [0.1, 0.15) is 5.75 Å². The summed E-state index contributed by atoms with van der Waals surface area (Å²) in [5, 5.41) is 8.76. The Morgan fingerprint density at radius 1 is 0.960 bits per heavy atom. The van der Waals surface area contributed by atoms with Crippen molar-refractivity contribution in [2.75, 3.05) is 0 Å². The largest absolute Gasteiger partial charge is 0.479 e. The van der Waals surface area contributed by atoms with E-state index in [9.17, 15) is 9.59 Å². The number of aryl methyl sites for hydroxylation is 1. The molecule has 5 heteroatoms. The maximum atomic E-state index is 12.3. The van der Waals surface area contributed by atoms with Gasteiger partial charge >= 0.3 is 5.97 Å².